The lowest BCUT2D eigenvalue weighted by Crippen LogP contribution is -2.58. The van der Waals surface area contributed by atoms with E-state index < -0.39 is 8.07 Å². The Bertz CT molecular complexity index is 658. The Morgan fingerprint density at radius 2 is 1.43 bits per heavy atom. The van der Waals surface area contributed by atoms with Gasteiger partial charge in [-0.1, -0.05) is 110 Å². The van der Waals surface area contributed by atoms with Crippen LogP contribution in [-0.2, 0) is 0 Å². The molecular formula is C22H26Si. The topological polar surface area (TPSA) is 0 Å². The van der Waals surface area contributed by atoms with Crippen molar-refractivity contribution in [3.8, 4) is 0 Å². The Morgan fingerprint density at radius 3 is 1.91 bits per heavy atom. The smallest absolute Gasteiger partial charge is 0.0794 e. The Labute approximate surface area is 141 Å². The van der Waals surface area contributed by atoms with Crippen molar-refractivity contribution in [2.24, 2.45) is 5.92 Å². The van der Waals surface area contributed by atoms with Gasteiger partial charge in [-0.3, -0.25) is 0 Å². The summed E-state index contributed by atoms with van der Waals surface area (Å²) in [7, 11) is -1.83. The van der Waals surface area contributed by atoms with Gasteiger partial charge in [0.1, 0.15) is 8.07 Å². The number of hydrogen-bond donors (Lipinski definition) is 0. The van der Waals surface area contributed by atoms with Crippen molar-refractivity contribution in [1.82, 2.24) is 0 Å². The van der Waals surface area contributed by atoms with E-state index in [0.717, 1.165) is 0 Å². The summed E-state index contributed by atoms with van der Waals surface area (Å²) in [5, 5.41) is 3.03. The van der Waals surface area contributed by atoms with Crippen LogP contribution in [-0.4, -0.2) is 8.07 Å². The summed E-state index contributed by atoms with van der Waals surface area (Å²) in [6, 6.07) is 22.3. The summed E-state index contributed by atoms with van der Waals surface area (Å²) in [4.78, 5) is 0. The molecule has 0 radical (unpaired) electrons. The monoisotopic (exact) mass is 318 g/mol. The van der Waals surface area contributed by atoms with Gasteiger partial charge in [-0.15, -0.1) is 0 Å². The van der Waals surface area contributed by atoms with Crippen LogP contribution in [0, 0.1) is 5.92 Å². The molecule has 2 atom stereocenters. The molecule has 0 amide bonds. The summed E-state index contributed by atoms with van der Waals surface area (Å²) >= 11 is 0. The number of hydrogen-bond acceptors (Lipinski definition) is 0. The highest BCUT2D eigenvalue weighted by Gasteiger charge is 2.39. The van der Waals surface area contributed by atoms with E-state index in [4.69, 9.17) is 0 Å². The van der Waals surface area contributed by atoms with E-state index in [-0.39, 0.29) is 0 Å². The molecule has 0 spiro atoms. The van der Waals surface area contributed by atoms with Crippen LogP contribution in [0.1, 0.15) is 20.3 Å². The standard InChI is InChI=1S/C22H26Si/c1-4-18(2)19-15-16-22(17-19)23(3,20-11-7-5-8-12-20)21-13-9-6-10-14-21/h5-18,22H,4H2,1-3H3. The molecule has 1 heteroatoms. The molecule has 0 bridgehead atoms. The van der Waals surface area contributed by atoms with E-state index in [1.807, 2.05) is 0 Å². The minimum Gasteiger partial charge on any atom is -0.0794 e. The molecule has 23 heavy (non-hydrogen) atoms. The SMILES string of the molecule is CCC(C)C1=CC([Si](C)(c2ccccc2)c2ccccc2)C=C1. The fourth-order valence-electron chi connectivity index (χ4n) is 3.58. The molecule has 0 aromatic heterocycles. The predicted octanol–water partition coefficient (Wildman–Crippen LogP) is 4.79. The molecule has 0 fully saturated rings. The molecule has 0 saturated heterocycles. The van der Waals surface area contributed by atoms with Crippen molar-refractivity contribution >= 4 is 18.4 Å². The third kappa shape index (κ3) is 2.98. The van der Waals surface area contributed by atoms with Crippen molar-refractivity contribution in [3.05, 3.63) is 84.5 Å². The zero-order valence-electron chi connectivity index (χ0n) is 14.4. The summed E-state index contributed by atoms with van der Waals surface area (Å²) in [6.07, 6.45) is 8.57. The van der Waals surface area contributed by atoms with Gasteiger partial charge in [-0.05, 0) is 23.5 Å². The minimum absolute atomic E-state index is 0.538. The first-order valence-electron chi connectivity index (χ1n) is 8.67. The summed E-state index contributed by atoms with van der Waals surface area (Å²) in [6.45, 7) is 7.13. The normalized spacial score (nSPS) is 18.7. The van der Waals surface area contributed by atoms with E-state index in [9.17, 15) is 0 Å². The van der Waals surface area contributed by atoms with E-state index in [0.29, 0.717) is 11.5 Å². The van der Waals surface area contributed by atoms with Gasteiger partial charge in [0, 0.05) is 0 Å². The Kier molecular flexibility index (Phi) is 4.68. The maximum Gasteiger partial charge on any atom is 0.125 e. The van der Waals surface area contributed by atoms with Crippen LogP contribution >= 0.6 is 0 Å². The highest BCUT2D eigenvalue weighted by molar-refractivity contribution is 7.03. The first-order chi connectivity index (χ1) is 11.2. The van der Waals surface area contributed by atoms with Crippen LogP contribution in [0.3, 0.4) is 0 Å². The second-order valence-electron chi connectivity index (χ2n) is 6.80. The van der Waals surface area contributed by atoms with Crippen LogP contribution in [0.2, 0.25) is 12.1 Å². The third-order valence-electron chi connectivity index (χ3n) is 5.46. The maximum atomic E-state index is 2.54. The number of benzene rings is 2. The highest BCUT2D eigenvalue weighted by atomic mass is 28.3. The van der Waals surface area contributed by atoms with E-state index in [1.54, 1.807) is 0 Å². The first-order valence-corrected chi connectivity index (χ1v) is 11.2. The molecule has 1 aliphatic rings. The fraction of sp³-hybridized carbons (Fsp3) is 0.273. The van der Waals surface area contributed by atoms with Gasteiger partial charge in [0.15, 0.2) is 0 Å². The molecule has 2 aromatic carbocycles. The largest absolute Gasteiger partial charge is 0.125 e. The zero-order chi connectivity index (χ0) is 16.3. The second kappa shape index (κ2) is 6.72. The number of allylic oxidation sites excluding steroid dienone is 4. The van der Waals surface area contributed by atoms with Gasteiger partial charge in [-0.2, -0.15) is 0 Å². The third-order valence-corrected chi connectivity index (χ3v) is 10.2. The molecule has 0 nitrogen and oxygen atoms in total. The zero-order valence-corrected chi connectivity index (χ0v) is 15.4. The molecule has 118 valence electrons. The van der Waals surface area contributed by atoms with Crippen molar-refractivity contribution in [3.63, 3.8) is 0 Å². The van der Waals surface area contributed by atoms with Gasteiger partial charge < -0.3 is 0 Å². The molecule has 3 rings (SSSR count). The van der Waals surface area contributed by atoms with E-state index in [1.165, 1.54) is 22.4 Å². The second-order valence-corrected chi connectivity index (χ2v) is 11.0. The lowest BCUT2D eigenvalue weighted by atomic mass is 10.0. The average Bonchev–Trinajstić information content (AvgIpc) is 3.12. The molecule has 0 aliphatic heterocycles. The van der Waals surface area contributed by atoms with E-state index in [2.05, 4.69) is 99.3 Å². The lowest BCUT2D eigenvalue weighted by Gasteiger charge is -2.33. The highest BCUT2D eigenvalue weighted by Crippen LogP contribution is 2.34. The van der Waals surface area contributed by atoms with Crippen LogP contribution in [0.4, 0.5) is 0 Å². The van der Waals surface area contributed by atoms with Crippen molar-refractivity contribution < 1.29 is 0 Å². The quantitative estimate of drug-likeness (QED) is 0.695. The minimum atomic E-state index is -1.83. The van der Waals surface area contributed by atoms with Crippen molar-refractivity contribution in [1.29, 1.82) is 0 Å². The molecule has 0 N–H and O–H groups in total. The van der Waals surface area contributed by atoms with Crippen LogP contribution in [0.5, 0.6) is 0 Å². The maximum absolute atomic E-state index is 2.54. The van der Waals surface area contributed by atoms with Crippen LogP contribution < -0.4 is 10.4 Å². The number of rotatable bonds is 5. The van der Waals surface area contributed by atoms with Gasteiger partial charge in [0.05, 0.1) is 0 Å². The summed E-state index contributed by atoms with van der Waals surface area (Å²) in [5.41, 5.74) is 2.05. The van der Waals surface area contributed by atoms with Gasteiger partial charge in [0.25, 0.3) is 0 Å². The average molecular weight is 319 g/mol. The summed E-state index contributed by atoms with van der Waals surface area (Å²) in [5.74, 6) is 0.654. The molecular weight excluding hydrogens is 292 g/mol. The molecule has 2 aromatic rings. The van der Waals surface area contributed by atoms with Gasteiger partial charge >= 0.3 is 0 Å². The Balaban J connectivity index is 2.08. The fourth-order valence-corrected chi connectivity index (χ4v) is 7.46. The molecule has 1 aliphatic carbocycles. The summed E-state index contributed by atoms with van der Waals surface area (Å²) < 4.78 is 0. The molecule has 0 heterocycles. The Hall–Kier alpha value is -1.86. The molecule has 0 saturated carbocycles. The van der Waals surface area contributed by atoms with Gasteiger partial charge in [-0.25, -0.2) is 0 Å². The Morgan fingerprint density at radius 1 is 0.913 bits per heavy atom. The van der Waals surface area contributed by atoms with Crippen molar-refractivity contribution in [2.45, 2.75) is 32.4 Å². The van der Waals surface area contributed by atoms with Crippen molar-refractivity contribution in [2.75, 3.05) is 0 Å². The predicted molar refractivity (Wildman–Crippen MR) is 104 cm³/mol. The first kappa shape index (κ1) is 16.0. The van der Waals surface area contributed by atoms with E-state index >= 15 is 0 Å². The van der Waals surface area contributed by atoms with Crippen LogP contribution in [0.15, 0.2) is 84.5 Å². The van der Waals surface area contributed by atoms with Crippen LogP contribution in [0.25, 0.3) is 0 Å². The van der Waals surface area contributed by atoms with Gasteiger partial charge in [0.2, 0.25) is 0 Å². The molecule has 2 unspecified atom stereocenters. The lowest BCUT2D eigenvalue weighted by molar-refractivity contribution is 0.671.